The van der Waals surface area contributed by atoms with Gasteiger partial charge in [-0.1, -0.05) is 42.5 Å². The smallest absolute Gasteiger partial charge is 0.215 e. The normalized spacial score (nSPS) is 19.5. The summed E-state index contributed by atoms with van der Waals surface area (Å²) < 4.78 is 27.5. The van der Waals surface area contributed by atoms with Crippen LogP contribution in [0.25, 0.3) is 5.69 Å². The summed E-state index contributed by atoms with van der Waals surface area (Å²) >= 11 is 0. The average Bonchev–Trinajstić information content (AvgIpc) is 3.16. The zero-order chi connectivity index (χ0) is 23.4. The minimum absolute atomic E-state index is 0.00344. The number of hydrogen-bond donors (Lipinski definition) is 0. The highest BCUT2D eigenvalue weighted by atomic mass is 32.2. The average molecular weight is 460 g/mol. The molecule has 2 aliphatic rings. The molecule has 0 aliphatic carbocycles. The number of rotatable bonds is 4. The molecule has 0 bridgehead atoms. The van der Waals surface area contributed by atoms with Crippen LogP contribution in [0.1, 0.15) is 47.1 Å². The van der Waals surface area contributed by atoms with Crippen LogP contribution in [-0.2, 0) is 20.1 Å². The van der Waals surface area contributed by atoms with Crippen molar-refractivity contribution in [2.75, 3.05) is 0 Å². The number of carbonyl (C=O) groups excluding carboxylic acids is 1. The fourth-order valence-corrected chi connectivity index (χ4v) is 6.16. The van der Waals surface area contributed by atoms with Crippen LogP contribution in [-0.4, -0.2) is 14.2 Å². The summed E-state index contributed by atoms with van der Waals surface area (Å²) in [6, 6.07) is 18.0. The number of fused-ring (bicyclic) bond motifs is 4. The Labute approximate surface area is 191 Å². The first-order valence-corrected chi connectivity index (χ1v) is 12.0. The first-order valence-electron chi connectivity index (χ1n) is 10.5. The molecule has 0 fully saturated rings. The number of nitrogens with zero attached hydrogens (tertiary/aromatic N) is 1. The van der Waals surface area contributed by atoms with E-state index in [2.05, 4.69) is 35.4 Å². The second-order valence-electron chi connectivity index (χ2n) is 8.62. The molecule has 0 spiro atoms. The summed E-state index contributed by atoms with van der Waals surface area (Å²) in [5.41, 5.74) is 3.82. The first-order chi connectivity index (χ1) is 15.8. The third-order valence-corrected chi connectivity index (χ3v) is 8.19. The Morgan fingerprint density at radius 1 is 1.06 bits per heavy atom. The Bertz CT molecular complexity index is 1470. The summed E-state index contributed by atoms with van der Waals surface area (Å²) in [6.07, 6.45) is 5.02. The molecule has 3 aromatic rings. The lowest BCUT2D eigenvalue weighted by atomic mass is 9.83. The third-order valence-electron chi connectivity index (χ3n) is 6.36. The number of carbonyl (C=O) groups is 1. The monoisotopic (exact) mass is 459 g/mol. The van der Waals surface area contributed by atoms with Gasteiger partial charge < -0.3 is 10.1 Å². The molecule has 0 amide bonds. The molecular formula is C26H21NO5S. The van der Waals surface area contributed by atoms with Crippen molar-refractivity contribution in [2.45, 2.75) is 30.3 Å². The van der Waals surface area contributed by atoms with Crippen molar-refractivity contribution in [3.8, 4) is 5.69 Å². The van der Waals surface area contributed by atoms with Crippen LogP contribution in [0.5, 0.6) is 0 Å². The van der Waals surface area contributed by atoms with Crippen LogP contribution in [0.4, 0.5) is 0 Å². The highest BCUT2D eigenvalue weighted by Crippen LogP contribution is 2.38. The number of allylic oxidation sites excluding steroid dienone is 3. The predicted octanol–water partition coefficient (Wildman–Crippen LogP) is 3.05. The molecule has 5 rings (SSSR count). The van der Waals surface area contributed by atoms with E-state index in [9.17, 15) is 18.5 Å². The molecule has 166 valence electrons. The van der Waals surface area contributed by atoms with Gasteiger partial charge in [-0.15, -0.1) is 0 Å². The molecule has 1 atom stereocenters. The first kappa shape index (κ1) is 21.5. The minimum atomic E-state index is -3.88. The Kier molecular flexibility index (Phi) is 4.93. The summed E-state index contributed by atoms with van der Waals surface area (Å²) in [4.78, 5) is 16.7. The van der Waals surface area contributed by atoms with Crippen LogP contribution in [0.3, 0.4) is 0 Å². The Balaban J connectivity index is 1.47. The molecule has 7 heteroatoms. The predicted molar refractivity (Wildman–Crippen MR) is 119 cm³/mol. The Morgan fingerprint density at radius 2 is 1.79 bits per heavy atom. The summed E-state index contributed by atoms with van der Waals surface area (Å²) in [5, 5.41) is 11.5. The van der Waals surface area contributed by atoms with Gasteiger partial charge >= 0.3 is 0 Å². The molecule has 3 heterocycles. The fraction of sp³-hybridized carbons (Fsp3) is 0.154. The van der Waals surface area contributed by atoms with Crippen molar-refractivity contribution in [3.05, 3.63) is 112 Å². The van der Waals surface area contributed by atoms with E-state index in [0.717, 1.165) is 11.4 Å². The lowest BCUT2D eigenvalue weighted by molar-refractivity contribution is -0.701. The number of sulfone groups is 1. The number of ketones is 1. The molecule has 0 N–H and O–H groups in total. The van der Waals surface area contributed by atoms with Gasteiger partial charge in [0.1, 0.15) is 4.91 Å². The molecule has 0 saturated carbocycles. The molecule has 2 aromatic carbocycles. The lowest BCUT2D eigenvalue weighted by Gasteiger charge is -2.19. The summed E-state index contributed by atoms with van der Waals surface area (Å²) in [6.45, 7) is 4.24. The van der Waals surface area contributed by atoms with Crippen molar-refractivity contribution >= 4 is 15.6 Å². The molecular weight excluding hydrogens is 438 g/mol. The van der Waals surface area contributed by atoms with Gasteiger partial charge in [-0.05, 0) is 37.6 Å². The van der Waals surface area contributed by atoms with E-state index in [0.29, 0.717) is 5.56 Å². The van der Waals surface area contributed by atoms with Crippen molar-refractivity contribution in [3.63, 3.8) is 0 Å². The molecule has 1 aromatic heterocycles. The topological polar surface area (TPSA) is 87.4 Å². The van der Waals surface area contributed by atoms with E-state index >= 15 is 0 Å². The number of para-hydroxylation sites is 1. The van der Waals surface area contributed by atoms with Crippen molar-refractivity contribution in [2.24, 2.45) is 0 Å². The maximum absolute atomic E-state index is 12.7. The van der Waals surface area contributed by atoms with E-state index < -0.39 is 21.7 Å². The molecule has 0 saturated heterocycles. The van der Waals surface area contributed by atoms with Crippen LogP contribution >= 0.6 is 0 Å². The second kappa shape index (κ2) is 7.59. The molecule has 1 unspecified atom stereocenters. The van der Waals surface area contributed by atoms with Gasteiger partial charge in [0.2, 0.25) is 21.3 Å². The lowest BCUT2D eigenvalue weighted by Crippen LogP contribution is -2.34. The van der Waals surface area contributed by atoms with Gasteiger partial charge in [-0.3, -0.25) is 4.79 Å². The highest BCUT2D eigenvalue weighted by Gasteiger charge is 2.43. The summed E-state index contributed by atoms with van der Waals surface area (Å²) in [5.74, 6) is -0.553. The van der Waals surface area contributed by atoms with Crippen LogP contribution < -0.4 is 9.82 Å². The Morgan fingerprint density at radius 3 is 2.55 bits per heavy atom. The van der Waals surface area contributed by atoms with E-state index in [1.807, 2.05) is 24.4 Å². The highest BCUT2D eigenvalue weighted by molar-refractivity contribution is 7.97. The Hall–Kier alpha value is -3.39. The zero-order valence-corrected chi connectivity index (χ0v) is 18.9. The largest absolute Gasteiger partial charge is 0.723 e. The quantitative estimate of drug-likeness (QED) is 0.259. The SMILES string of the molecule is CC1(C)c2ccccc2-[n+]2ccc(C(/C=C/C=C3\C(=O)c4ccccc4S3(=O)=O)O[O-])cc21. The molecule has 6 nitrogen and oxygen atoms in total. The van der Waals surface area contributed by atoms with E-state index in [1.165, 1.54) is 35.9 Å². The third kappa shape index (κ3) is 3.20. The molecule has 33 heavy (non-hydrogen) atoms. The van der Waals surface area contributed by atoms with Crippen molar-refractivity contribution < 1.29 is 27.9 Å². The van der Waals surface area contributed by atoms with Crippen molar-refractivity contribution in [1.82, 2.24) is 0 Å². The van der Waals surface area contributed by atoms with Crippen LogP contribution in [0.2, 0.25) is 0 Å². The van der Waals surface area contributed by atoms with Gasteiger partial charge in [-0.2, -0.15) is 4.57 Å². The van der Waals surface area contributed by atoms with Crippen LogP contribution in [0.15, 0.2) is 94.9 Å². The van der Waals surface area contributed by atoms with Gasteiger partial charge in [0.15, 0.2) is 11.9 Å². The van der Waals surface area contributed by atoms with E-state index in [-0.39, 0.29) is 20.8 Å². The van der Waals surface area contributed by atoms with Gasteiger partial charge in [-0.25, -0.2) is 8.42 Å². The fourth-order valence-electron chi connectivity index (χ4n) is 4.60. The number of Topliss-reactive ketones (excluding diaryl/α,β-unsaturated/α-hetero) is 1. The van der Waals surface area contributed by atoms with Gasteiger partial charge in [0, 0.05) is 29.3 Å². The molecule has 2 aliphatic heterocycles. The van der Waals surface area contributed by atoms with Gasteiger partial charge in [0.25, 0.3) is 0 Å². The zero-order valence-electron chi connectivity index (χ0n) is 18.1. The van der Waals surface area contributed by atoms with Crippen LogP contribution in [0, 0.1) is 0 Å². The standard InChI is InChI=1S/C26H21NO5S/c1-26(2)19-9-4-5-10-20(19)27-15-14-17(16-24(26)27)21(32-29)11-7-13-23-25(28)18-8-3-6-12-22(18)33(23,30)31/h3-16,21H,1-2H3/b11-7+,23-13+. The molecule has 0 radical (unpaired) electrons. The van der Waals surface area contributed by atoms with Gasteiger partial charge in [0.05, 0.1) is 16.4 Å². The minimum Gasteiger partial charge on any atom is -0.723 e. The van der Waals surface area contributed by atoms with E-state index in [1.54, 1.807) is 18.2 Å². The number of hydrogen-bond acceptors (Lipinski definition) is 5. The number of aromatic nitrogens is 1. The number of benzene rings is 2. The van der Waals surface area contributed by atoms with Crippen molar-refractivity contribution in [1.29, 1.82) is 0 Å². The maximum atomic E-state index is 12.7. The van der Waals surface area contributed by atoms with E-state index in [4.69, 9.17) is 0 Å². The number of pyridine rings is 1. The second-order valence-corrected chi connectivity index (χ2v) is 10.5. The summed E-state index contributed by atoms with van der Waals surface area (Å²) in [7, 11) is -3.88. The maximum Gasteiger partial charge on any atom is 0.215 e.